The van der Waals surface area contributed by atoms with E-state index < -0.39 is 6.10 Å². The maximum absolute atomic E-state index is 12.6. The van der Waals surface area contributed by atoms with Gasteiger partial charge in [0, 0.05) is 19.3 Å². The zero-order chi connectivity index (χ0) is 43.0. The number of carbonyl (C=O) groups excluding carboxylic acids is 3. The first-order chi connectivity index (χ1) is 29.0. The van der Waals surface area contributed by atoms with Gasteiger partial charge in [0.15, 0.2) is 6.10 Å². The number of hydrogen-bond donors (Lipinski definition) is 0. The minimum Gasteiger partial charge on any atom is -0.462 e. The molecule has 0 spiro atoms. The summed E-state index contributed by atoms with van der Waals surface area (Å²) in [5.74, 6) is -0.884. The molecule has 0 saturated carbocycles. The Bertz CT molecular complexity index is 916. The van der Waals surface area contributed by atoms with Crippen molar-refractivity contribution in [3.05, 3.63) is 12.2 Å². The number of carbonyl (C=O) groups is 3. The molecule has 6 nitrogen and oxygen atoms in total. The average Bonchev–Trinajstić information content (AvgIpc) is 3.23. The predicted octanol–water partition coefficient (Wildman–Crippen LogP) is 17.0. The maximum atomic E-state index is 12.6. The van der Waals surface area contributed by atoms with Crippen molar-refractivity contribution < 1.29 is 28.6 Å². The van der Waals surface area contributed by atoms with Crippen LogP contribution in [-0.2, 0) is 28.6 Å². The molecule has 0 radical (unpaired) electrons. The van der Waals surface area contributed by atoms with E-state index in [1.54, 1.807) is 0 Å². The van der Waals surface area contributed by atoms with Crippen LogP contribution in [0.5, 0.6) is 0 Å². The second-order valence-electron chi connectivity index (χ2n) is 17.8. The second kappa shape index (κ2) is 48.8. The summed E-state index contributed by atoms with van der Waals surface area (Å²) in [7, 11) is 0. The summed E-state index contributed by atoms with van der Waals surface area (Å²) < 4.78 is 16.6. The van der Waals surface area contributed by atoms with E-state index in [0.29, 0.717) is 19.3 Å². The first kappa shape index (κ1) is 57.1. The van der Waals surface area contributed by atoms with Crippen LogP contribution in [0.15, 0.2) is 12.2 Å². The molecule has 0 aromatic carbocycles. The molecule has 1 unspecified atom stereocenters. The third kappa shape index (κ3) is 47.1. The molecule has 0 saturated heterocycles. The zero-order valence-corrected chi connectivity index (χ0v) is 39.8. The number of esters is 3. The monoisotopic (exact) mass is 833 g/mol. The molecule has 1 atom stereocenters. The van der Waals surface area contributed by atoms with E-state index in [-0.39, 0.29) is 31.1 Å². The van der Waals surface area contributed by atoms with Crippen molar-refractivity contribution in [2.45, 2.75) is 297 Å². The number of unbranched alkanes of at least 4 members (excludes halogenated alkanes) is 35. The van der Waals surface area contributed by atoms with Crippen molar-refractivity contribution >= 4 is 17.9 Å². The Kier molecular flexibility index (Phi) is 47.3. The molecule has 0 N–H and O–H groups in total. The number of allylic oxidation sites excluding steroid dienone is 2. The molecule has 0 amide bonds. The number of hydrogen-bond acceptors (Lipinski definition) is 6. The molecule has 0 aliphatic heterocycles. The fourth-order valence-electron chi connectivity index (χ4n) is 7.80. The Hall–Kier alpha value is -1.85. The highest BCUT2D eigenvalue weighted by molar-refractivity contribution is 5.71. The molecule has 0 fully saturated rings. The topological polar surface area (TPSA) is 78.9 Å². The van der Waals surface area contributed by atoms with Gasteiger partial charge < -0.3 is 14.2 Å². The van der Waals surface area contributed by atoms with Gasteiger partial charge in [-0.1, -0.05) is 245 Å². The molecular formula is C53H100O6. The van der Waals surface area contributed by atoms with Crippen LogP contribution < -0.4 is 0 Å². The highest BCUT2D eigenvalue weighted by Gasteiger charge is 2.19. The van der Waals surface area contributed by atoms with E-state index >= 15 is 0 Å². The lowest BCUT2D eigenvalue weighted by Gasteiger charge is -2.18. The Labute approximate surface area is 367 Å². The Morgan fingerprint density at radius 3 is 0.915 bits per heavy atom. The Morgan fingerprint density at radius 2 is 0.593 bits per heavy atom. The van der Waals surface area contributed by atoms with Gasteiger partial charge in [-0.25, -0.2) is 0 Å². The largest absolute Gasteiger partial charge is 0.462 e. The Morgan fingerprint density at radius 1 is 0.322 bits per heavy atom. The van der Waals surface area contributed by atoms with Gasteiger partial charge in [-0.15, -0.1) is 0 Å². The van der Waals surface area contributed by atoms with Gasteiger partial charge >= 0.3 is 17.9 Å². The van der Waals surface area contributed by atoms with E-state index in [4.69, 9.17) is 14.2 Å². The van der Waals surface area contributed by atoms with Crippen LogP contribution in [0.25, 0.3) is 0 Å². The summed E-state index contributed by atoms with van der Waals surface area (Å²) in [6.07, 6.45) is 54.1. The molecule has 6 heteroatoms. The van der Waals surface area contributed by atoms with Crippen molar-refractivity contribution in [3.8, 4) is 0 Å². The van der Waals surface area contributed by atoms with Crippen LogP contribution >= 0.6 is 0 Å². The van der Waals surface area contributed by atoms with Gasteiger partial charge in [0.2, 0.25) is 0 Å². The van der Waals surface area contributed by atoms with E-state index in [1.807, 2.05) is 0 Å². The van der Waals surface area contributed by atoms with Gasteiger partial charge in [-0.2, -0.15) is 0 Å². The molecule has 0 bridgehead atoms. The summed E-state index contributed by atoms with van der Waals surface area (Å²) in [5, 5.41) is 0. The van der Waals surface area contributed by atoms with E-state index in [9.17, 15) is 14.4 Å². The normalized spacial score (nSPS) is 12.0. The number of ether oxygens (including phenoxy) is 3. The molecule has 0 aromatic rings. The lowest BCUT2D eigenvalue weighted by molar-refractivity contribution is -0.167. The quantitative estimate of drug-likeness (QED) is 0.0263. The standard InChI is InChI=1S/C53H100O6/c1-4-7-10-13-15-17-19-20-21-22-23-24-25-26-27-28-29-30-31-32-33-34-36-37-40-43-46-52(55)58-49-50(48-57-51(54)45-42-39-12-9-6-3)59-53(56)47-44-41-38-35-18-16-14-11-8-5-2/h11,14,50H,4-10,12-13,15-49H2,1-3H3/b14-11-. The third-order valence-corrected chi connectivity index (χ3v) is 11.8. The molecule has 59 heavy (non-hydrogen) atoms. The van der Waals surface area contributed by atoms with Gasteiger partial charge in [0.25, 0.3) is 0 Å². The summed E-state index contributed by atoms with van der Waals surface area (Å²) in [6, 6.07) is 0. The fourth-order valence-corrected chi connectivity index (χ4v) is 7.80. The first-order valence-corrected chi connectivity index (χ1v) is 26.2. The number of rotatable bonds is 48. The smallest absolute Gasteiger partial charge is 0.306 e. The van der Waals surface area contributed by atoms with Gasteiger partial charge in [-0.3, -0.25) is 14.4 Å². The summed E-state index contributed by atoms with van der Waals surface area (Å²) in [6.45, 7) is 6.51. The van der Waals surface area contributed by atoms with Crippen molar-refractivity contribution in [2.24, 2.45) is 0 Å². The van der Waals surface area contributed by atoms with Crippen molar-refractivity contribution in [1.29, 1.82) is 0 Å². The maximum Gasteiger partial charge on any atom is 0.306 e. The third-order valence-electron chi connectivity index (χ3n) is 11.8. The van der Waals surface area contributed by atoms with Crippen LogP contribution in [0.1, 0.15) is 290 Å². The second-order valence-corrected chi connectivity index (χ2v) is 17.8. The van der Waals surface area contributed by atoms with Crippen LogP contribution in [0, 0.1) is 0 Å². The molecular weight excluding hydrogens is 733 g/mol. The van der Waals surface area contributed by atoms with Crippen LogP contribution in [0.3, 0.4) is 0 Å². The molecule has 0 aromatic heterocycles. The summed E-state index contributed by atoms with van der Waals surface area (Å²) in [5.41, 5.74) is 0. The van der Waals surface area contributed by atoms with Crippen LogP contribution in [-0.4, -0.2) is 37.2 Å². The van der Waals surface area contributed by atoms with Crippen LogP contribution in [0.2, 0.25) is 0 Å². The van der Waals surface area contributed by atoms with Crippen molar-refractivity contribution in [1.82, 2.24) is 0 Å². The molecule has 0 rings (SSSR count). The summed E-state index contributed by atoms with van der Waals surface area (Å²) >= 11 is 0. The minimum atomic E-state index is -0.765. The highest BCUT2D eigenvalue weighted by Crippen LogP contribution is 2.17. The van der Waals surface area contributed by atoms with Gasteiger partial charge in [0.1, 0.15) is 13.2 Å². The van der Waals surface area contributed by atoms with Crippen molar-refractivity contribution in [2.75, 3.05) is 13.2 Å². The van der Waals surface area contributed by atoms with Crippen LogP contribution in [0.4, 0.5) is 0 Å². The van der Waals surface area contributed by atoms with E-state index in [2.05, 4.69) is 32.9 Å². The minimum absolute atomic E-state index is 0.0701. The summed E-state index contributed by atoms with van der Waals surface area (Å²) in [4.78, 5) is 37.5. The first-order valence-electron chi connectivity index (χ1n) is 26.2. The van der Waals surface area contributed by atoms with E-state index in [1.165, 1.54) is 167 Å². The molecule has 0 aliphatic rings. The highest BCUT2D eigenvalue weighted by atomic mass is 16.6. The van der Waals surface area contributed by atoms with Gasteiger partial charge in [-0.05, 0) is 38.5 Å². The predicted molar refractivity (Wildman–Crippen MR) is 252 cm³/mol. The van der Waals surface area contributed by atoms with Gasteiger partial charge in [0.05, 0.1) is 0 Å². The molecule has 0 heterocycles. The SMILES string of the molecule is CCC/C=C\CCCCCCCC(=O)OC(COC(=O)CCCCCCC)COC(=O)CCCCCCCCCCCCCCCCCCCCCCCCCCCC. The lowest BCUT2D eigenvalue weighted by atomic mass is 10.0. The molecule has 0 aliphatic carbocycles. The van der Waals surface area contributed by atoms with E-state index in [0.717, 1.165) is 83.5 Å². The fraction of sp³-hybridized carbons (Fsp3) is 0.906. The lowest BCUT2D eigenvalue weighted by Crippen LogP contribution is -2.30. The Balaban J connectivity index is 3.92. The molecule has 348 valence electrons. The zero-order valence-electron chi connectivity index (χ0n) is 39.8. The average molecular weight is 833 g/mol. The van der Waals surface area contributed by atoms with Crippen molar-refractivity contribution in [3.63, 3.8) is 0 Å².